The highest BCUT2D eigenvalue weighted by Crippen LogP contribution is 2.56. The molecular formula is C9H14O2. The molecule has 2 nitrogen and oxygen atoms in total. The van der Waals surface area contributed by atoms with E-state index in [4.69, 9.17) is 4.74 Å². The van der Waals surface area contributed by atoms with Gasteiger partial charge in [0, 0.05) is 0 Å². The van der Waals surface area contributed by atoms with Gasteiger partial charge in [0.2, 0.25) is 0 Å². The summed E-state index contributed by atoms with van der Waals surface area (Å²) in [5.74, 6) is 1.29. The van der Waals surface area contributed by atoms with E-state index >= 15 is 0 Å². The maximum absolute atomic E-state index is 11.2. The molecule has 4 unspecified atom stereocenters. The summed E-state index contributed by atoms with van der Waals surface area (Å²) in [6, 6.07) is 0. The molecule has 2 aliphatic rings. The van der Waals surface area contributed by atoms with Crippen LogP contribution in [0.1, 0.15) is 27.2 Å². The van der Waals surface area contributed by atoms with Crippen molar-refractivity contribution >= 4 is 5.78 Å². The summed E-state index contributed by atoms with van der Waals surface area (Å²) in [4.78, 5) is 11.2. The number of hydrogen-bond acceptors (Lipinski definition) is 2. The van der Waals surface area contributed by atoms with Crippen molar-refractivity contribution in [3.8, 4) is 0 Å². The Labute approximate surface area is 66.9 Å². The molecule has 0 spiro atoms. The fraction of sp³-hybridized carbons (Fsp3) is 0.889. The summed E-state index contributed by atoms with van der Waals surface area (Å²) in [5.41, 5.74) is -0.348. The van der Waals surface area contributed by atoms with E-state index in [9.17, 15) is 4.79 Å². The van der Waals surface area contributed by atoms with Gasteiger partial charge in [0.25, 0.3) is 0 Å². The second-order valence-corrected chi connectivity index (χ2v) is 3.96. The first-order valence-electron chi connectivity index (χ1n) is 4.28. The van der Waals surface area contributed by atoms with E-state index in [1.165, 1.54) is 0 Å². The van der Waals surface area contributed by atoms with Gasteiger partial charge in [0.1, 0.15) is 0 Å². The van der Waals surface area contributed by atoms with E-state index in [-0.39, 0.29) is 17.5 Å². The number of carbonyl (C=O) groups excluding carboxylic acids is 1. The predicted molar refractivity (Wildman–Crippen MR) is 41.2 cm³/mol. The Balaban J connectivity index is 2.25. The molecule has 2 rings (SSSR count). The van der Waals surface area contributed by atoms with Crippen molar-refractivity contribution in [2.45, 2.75) is 38.9 Å². The molecule has 4 atom stereocenters. The molecular weight excluding hydrogens is 140 g/mol. The first-order chi connectivity index (χ1) is 5.09. The number of ether oxygens (including phenoxy) is 1. The van der Waals surface area contributed by atoms with Crippen LogP contribution in [0.4, 0.5) is 0 Å². The van der Waals surface area contributed by atoms with Gasteiger partial charge in [0.15, 0.2) is 11.4 Å². The lowest BCUT2D eigenvalue weighted by molar-refractivity contribution is -0.124. The van der Waals surface area contributed by atoms with Crippen molar-refractivity contribution in [1.82, 2.24) is 0 Å². The largest absolute Gasteiger partial charge is 0.357 e. The van der Waals surface area contributed by atoms with Crippen molar-refractivity contribution in [2.24, 2.45) is 11.8 Å². The van der Waals surface area contributed by atoms with E-state index in [0.29, 0.717) is 11.8 Å². The minimum absolute atomic E-state index is 0.222. The molecule has 11 heavy (non-hydrogen) atoms. The van der Waals surface area contributed by atoms with Crippen molar-refractivity contribution in [1.29, 1.82) is 0 Å². The van der Waals surface area contributed by atoms with Crippen LogP contribution < -0.4 is 0 Å². The van der Waals surface area contributed by atoms with E-state index in [2.05, 4.69) is 13.8 Å². The average Bonchev–Trinajstić information content (AvgIpc) is 2.57. The number of carbonyl (C=O) groups is 1. The lowest BCUT2D eigenvalue weighted by atomic mass is 9.88. The number of epoxide rings is 1. The van der Waals surface area contributed by atoms with Crippen LogP contribution in [0.15, 0.2) is 0 Å². The zero-order valence-electron chi connectivity index (χ0n) is 7.26. The van der Waals surface area contributed by atoms with E-state index in [1.54, 1.807) is 6.92 Å². The molecule has 0 amide bonds. The molecule has 62 valence electrons. The van der Waals surface area contributed by atoms with Gasteiger partial charge in [-0.15, -0.1) is 0 Å². The maximum atomic E-state index is 11.2. The van der Waals surface area contributed by atoms with Crippen LogP contribution in [0.2, 0.25) is 0 Å². The molecule has 1 heterocycles. The molecule has 0 radical (unpaired) electrons. The molecule has 1 saturated heterocycles. The van der Waals surface area contributed by atoms with Crippen molar-refractivity contribution in [3.05, 3.63) is 0 Å². The van der Waals surface area contributed by atoms with Gasteiger partial charge in [0.05, 0.1) is 6.10 Å². The normalized spacial score (nSPS) is 53.9. The van der Waals surface area contributed by atoms with Gasteiger partial charge in [-0.25, -0.2) is 0 Å². The molecule has 2 fully saturated rings. The first kappa shape index (κ1) is 7.29. The molecule has 1 aliphatic heterocycles. The second kappa shape index (κ2) is 1.86. The summed E-state index contributed by atoms with van der Waals surface area (Å²) in [5, 5.41) is 0. The standard InChI is InChI=1S/C9H14O2/c1-5-4-8-9(11-8,6(5)2)7(3)10/h5-6,8H,4H2,1-3H3. The molecule has 0 aromatic carbocycles. The van der Waals surface area contributed by atoms with Crippen LogP contribution in [0, 0.1) is 11.8 Å². The van der Waals surface area contributed by atoms with Gasteiger partial charge in [-0.05, 0) is 25.2 Å². The number of hydrogen-bond donors (Lipinski definition) is 0. The number of rotatable bonds is 1. The summed E-state index contributed by atoms with van der Waals surface area (Å²) in [7, 11) is 0. The Morgan fingerprint density at radius 2 is 2.18 bits per heavy atom. The van der Waals surface area contributed by atoms with Gasteiger partial charge in [-0.1, -0.05) is 13.8 Å². The van der Waals surface area contributed by atoms with Crippen LogP contribution in [-0.4, -0.2) is 17.5 Å². The van der Waals surface area contributed by atoms with Gasteiger partial charge >= 0.3 is 0 Å². The van der Waals surface area contributed by atoms with E-state index in [0.717, 1.165) is 6.42 Å². The third kappa shape index (κ3) is 0.684. The topological polar surface area (TPSA) is 29.6 Å². The van der Waals surface area contributed by atoms with E-state index in [1.807, 2.05) is 0 Å². The Morgan fingerprint density at radius 3 is 2.45 bits per heavy atom. The van der Waals surface area contributed by atoms with E-state index < -0.39 is 0 Å². The third-order valence-electron chi connectivity index (χ3n) is 3.42. The highest BCUT2D eigenvalue weighted by molar-refractivity contribution is 5.89. The van der Waals surface area contributed by atoms with Crippen LogP contribution in [-0.2, 0) is 9.53 Å². The highest BCUT2D eigenvalue weighted by Gasteiger charge is 2.69. The molecule has 0 bridgehead atoms. The quantitative estimate of drug-likeness (QED) is 0.534. The van der Waals surface area contributed by atoms with Crippen LogP contribution >= 0.6 is 0 Å². The fourth-order valence-corrected chi connectivity index (χ4v) is 2.42. The smallest absolute Gasteiger partial charge is 0.164 e. The molecule has 1 saturated carbocycles. The molecule has 2 heteroatoms. The monoisotopic (exact) mass is 154 g/mol. The maximum Gasteiger partial charge on any atom is 0.164 e. The molecule has 1 aliphatic carbocycles. The van der Waals surface area contributed by atoms with Gasteiger partial charge in [-0.2, -0.15) is 0 Å². The van der Waals surface area contributed by atoms with Crippen LogP contribution in [0.3, 0.4) is 0 Å². The van der Waals surface area contributed by atoms with Crippen molar-refractivity contribution in [3.63, 3.8) is 0 Å². The SMILES string of the molecule is CC(=O)C12OC1CC(C)C2C. The summed E-state index contributed by atoms with van der Waals surface area (Å²) >= 11 is 0. The molecule has 0 aromatic rings. The zero-order chi connectivity index (χ0) is 8.22. The molecule has 0 N–H and O–H groups in total. The van der Waals surface area contributed by atoms with Crippen LogP contribution in [0.25, 0.3) is 0 Å². The number of fused-ring (bicyclic) bond motifs is 1. The summed E-state index contributed by atoms with van der Waals surface area (Å²) in [6.45, 7) is 5.97. The van der Waals surface area contributed by atoms with Gasteiger partial charge in [-0.3, -0.25) is 4.79 Å². The predicted octanol–water partition coefficient (Wildman–Crippen LogP) is 1.39. The second-order valence-electron chi connectivity index (χ2n) is 3.96. The minimum Gasteiger partial charge on any atom is -0.357 e. The average molecular weight is 154 g/mol. The fourth-order valence-electron chi connectivity index (χ4n) is 2.42. The number of Topliss-reactive ketones (excluding diaryl/α,β-unsaturated/α-hetero) is 1. The van der Waals surface area contributed by atoms with Gasteiger partial charge < -0.3 is 4.74 Å². The zero-order valence-corrected chi connectivity index (χ0v) is 7.26. The highest BCUT2D eigenvalue weighted by atomic mass is 16.6. The third-order valence-corrected chi connectivity index (χ3v) is 3.42. The number of ketones is 1. The Kier molecular flexibility index (Phi) is 1.23. The Hall–Kier alpha value is -0.370. The van der Waals surface area contributed by atoms with Crippen LogP contribution in [0.5, 0.6) is 0 Å². The van der Waals surface area contributed by atoms with Crippen molar-refractivity contribution < 1.29 is 9.53 Å². The Morgan fingerprint density at radius 1 is 1.55 bits per heavy atom. The lowest BCUT2D eigenvalue weighted by Crippen LogP contribution is -2.30. The summed E-state index contributed by atoms with van der Waals surface area (Å²) < 4.78 is 5.44. The lowest BCUT2D eigenvalue weighted by Gasteiger charge is -2.17. The first-order valence-corrected chi connectivity index (χ1v) is 4.28. The minimum atomic E-state index is -0.348. The Bertz CT molecular complexity index is 212. The van der Waals surface area contributed by atoms with Crippen molar-refractivity contribution in [2.75, 3.05) is 0 Å². The molecule has 0 aromatic heterocycles. The summed E-state index contributed by atoms with van der Waals surface area (Å²) in [6.07, 6.45) is 1.32.